The molecule has 0 aliphatic heterocycles. The quantitative estimate of drug-likeness (QED) is 0.565. The summed E-state index contributed by atoms with van der Waals surface area (Å²) < 4.78 is 0. The predicted molar refractivity (Wildman–Crippen MR) is 70.4 cm³/mol. The average Bonchev–Trinajstić information content (AvgIpc) is 2.62. The molecule has 1 aromatic heterocycles. The van der Waals surface area contributed by atoms with Crippen molar-refractivity contribution in [3.05, 3.63) is 39.6 Å². The third kappa shape index (κ3) is 2.41. The summed E-state index contributed by atoms with van der Waals surface area (Å²) >= 11 is 0. The van der Waals surface area contributed by atoms with Crippen molar-refractivity contribution >= 4 is 22.5 Å². The smallest absolute Gasteiger partial charge is 0.270 e. The van der Waals surface area contributed by atoms with E-state index in [1.165, 1.54) is 12.1 Å². The van der Waals surface area contributed by atoms with Gasteiger partial charge in [0.05, 0.1) is 4.92 Å². The van der Waals surface area contributed by atoms with Gasteiger partial charge >= 0.3 is 0 Å². The summed E-state index contributed by atoms with van der Waals surface area (Å²) in [5.41, 5.74) is 13.3. The predicted octanol–water partition coefficient (Wildman–Crippen LogP) is 1.26. The van der Waals surface area contributed by atoms with Crippen molar-refractivity contribution in [1.29, 1.82) is 0 Å². The number of benzene rings is 1. The van der Waals surface area contributed by atoms with Crippen molar-refractivity contribution in [2.24, 2.45) is 11.5 Å². The number of aromatic amines is 1. The molecule has 7 heteroatoms. The maximum atomic E-state index is 11.0. The van der Waals surface area contributed by atoms with Gasteiger partial charge in [0, 0.05) is 41.2 Å². The minimum atomic E-state index is -0.576. The first-order valence-electron chi connectivity index (χ1n) is 5.70. The molecular formula is C12H14N4O3. The molecule has 0 fully saturated rings. The Morgan fingerprint density at radius 2 is 2.21 bits per heavy atom. The fraction of sp³-hybridized carbons (Fsp3) is 0.250. The zero-order valence-corrected chi connectivity index (χ0v) is 10.3. The van der Waals surface area contributed by atoms with Crippen molar-refractivity contribution < 1.29 is 9.72 Å². The van der Waals surface area contributed by atoms with Crippen molar-refractivity contribution in [3.8, 4) is 0 Å². The van der Waals surface area contributed by atoms with Crippen LogP contribution in [0.3, 0.4) is 0 Å². The molecule has 2 rings (SSSR count). The molecule has 0 saturated carbocycles. The summed E-state index contributed by atoms with van der Waals surface area (Å²) in [6.45, 7) is 1.81. The largest absolute Gasteiger partial charge is 0.370 e. The molecule has 2 aromatic rings. The van der Waals surface area contributed by atoms with Gasteiger partial charge in [-0.2, -0.15) is 0 Å². The molecule has 0 bridgehead atoms. The van der Waals surface area contributed by atoms with E-state index in [9.17, 15) is 14.9 Å². The maximum Gasteiger partial charge on any atom is 0.270 e. The molecule has 0 aliphatic rings. The zero-order valence-electron chi connectivity index (χ0n) is 10.3. The van der Waals surface area contributed by atoms with Crippen LogP contribution in [0.4, 0.5) is 5.69 Å². The van der Waals surface area contributed by atoms with Crippen LogP contribution < -0.4 is 11.5 Å². The highest BCUT2D eigenvalue weighted by molar-refractivity contribution is 5.88. The van der Waals surface area contributed by atoms with E-state index in [4.69, 9.17) is 11.5 Å². The Bertz CT molecular complexity index is 662. The number of nitrogens with one attached hydrogen (secondary N) is 1. The Labute approximate surface area is 108 Å². The summed E-state index contributed by atoms with van der Waals surface area (Å²) in [5.74, 6) is -0.508. The lowest BCUT2D eigenvalue weighted by Gasteiger charge is -2.09. The van der Waals surface area contributed by atoms with Crippen LogP contribution in [0.2, 0.25) is 0 Å². The SMILES string of the molecule is Cc1[nH]c2ccc([N+](=O)[O-])cc2c1C(N)CC(N)=O. The van der Waals surface area contributed by atoms with Gasteiger partial charge in [0.25, 0.3) is 5.69 Å². The van der Waals surface area contributed by atoms with Crippen LogP contribution in [0.5, 0.6) is 0 Å². The molecule has 0 aliphatic carbocycles. The number of amides is 1. The van der Waals surface area contributed by atoms with E-state index in [0.29, 0.717) is 10.9 Å². The molecule has 0 spiro atoms. The highest BCUT2D eigenvalue weighted by Gasteiger charge is 2.19. The summed E-state index contributed by atoms with van der Waals surface area (Å²) in [6.07, 6.45) is -0.00349. The number of nitrogens with two attached hydrogens (primary N) is 2. The van der Waals surface area contributed by atoms with Gasteiger partial charge in [-0.15, -0.1) is 0 Å². The van der Waals surface area contributed by atoms with Crippen molar-refractivity contribution in [1.82, 2.24) is 4.98 Å². The number of aryl methyl sites for hydroxylation is 1. The molecule has 0 radical (unpaired) electrons. The first kappa shape index (κ1) is 13.0. The van der Waals surface area contributed by atoms with E-state index in [-0.39, 0.29) is 12.1 Å². The van der Waals surface area contributed by atoms with Gasteiger partial charge in [-0.25, -0.2) is 0 Å². The highest BCUT2D eigenvalue weighted by atomic mass is 16.6. The second kappa shape index (κ2) is 4.69. The molecule has 19 heavy (non-hydrogen) atoms. The lowest BCUT2D eigenvalue weighted by atomic mass is 10.0. The molecular weight excluding hydrogens is 248 g/mol. The topological polar surface area (TPSA) is 128 Å². The molecule has 5 N–H and O–H groups in total. The Kier molecular flexibility index (Phi) is 3.22. The zero-order chi connectivity index (χ0) is 14.2. The number of nitro benzene ring substituents is 1. The molecule has 1 amide bonds. The van der Waals surface area contributed by atoms with Gasteiger partial charge in [0.15, 0.2) is 0 Å². The first-order chi connectivity index (χ1) is 8.90. The molecule has 7 nitrogen and oxygen atoms in total. The van der Waals surface area contributed by atoms with Gasteiger partial charge in [-0.3, -0.25) is 14.9 Å². The molecule has 1 atom stereocenters. The standard InChI is InChI=1S/C12H14N4O3/c1-6-12(9(13)5-11(14)17)8-4-7(16(18)19)2-3-10(8)15-6/h2-4,9,15H,5,13H2,1H3,(H2,14,17). The summed E-state index contributed by atoms with van der Waals surface area (Å²) in [6, 6.07) is 3.92. The van der Waals surface area contributed by atoms with Crippen molar-refractivity contribution in [2.45, 2.75) is 19.4 Å². The normalized spacial score (nSPS) is 12.5. The van der Waals surface area contributed by atoms with Crippen molar-refractivity contribution in [2.75, 3.05) is 0 Å². The maximum absolute atomic E-state index is 11.0. The van der Waals surface area contributed by atoms with Gasteiger partial charge < -0.3 is 16.5 Å². The van der Waals surface area contributed by atoms with E-state index in [2.05, 4.69) is 4.98 Å². The lowest BCUT2D eigenvalue weighted by molar-refractivity contribution is -0.384. The minimum absolute atomic E-state index is 0.00349. The van der Waals surface area contributed by atoms with E-state index in [0.717, 1.165) is 11.2 Å². The average molecular weight is 262 g/mol. The number of nitrogens with zero attached hydrogens (tertiary/aromatic N) is 1. The molecule has 0 saturated heterocycles. The highest BCUT2D eigenvalue weighted by Crippen LogP contribution is 2.30. The van der Waals surface area contributed by atoms with Crippen molar-refractivity contribution in [3.63, 3.8) is 0 Å². The van der Waals surface area contributed by atoms with Gasteiger partial charge in [0.1, 0.15) is 0 Å². The number of primary amides is 1. The van der Waals surface area contributed by atoms with E-state index >= 15 is 0 Å². The Morgan fingerprint density at radius 1 is 1.53 bits per heavy atom. The van der Waals surface area contributed by atoms with Crippen LogP contribution >= 0.6 is 0 Å². The van der Waals surface area contributed by atoms with Crippen LogP contribution in [0.15, 0.2) is 18.2 Å². The fourth-order valence-electron chi connectivity index (χ4n) is 2.25. The number of rotatable bonds is 4. The number of H-pyrrole nitrogens is 1. The fourth-order valence-corrected chi connectivity index (χ4v) is 2.25. The Morgan fingerprint density at radius 3 is 2.79 bits per heavy atom. The first-order valence-corrected chi connectivity index (χ1v) is 5.70. The van der Waals surface area contributed by atoms with E-state index in [1.54, 1.807) is 6.07 Å². The number of carbonyl (C=O) groups is 1. The van der Waals surface area contributed by atoms with Crippen LogP contribution in [0.1, 0.15) is 23.7 Å². The van der Waals surface area contributed by atoms with Crippen LogP contribution in [0.25, 0.3) is 10.9 Å². The van der Waals surface area contributed by atoms with Crippen LogP contribution in [-0.4, -0.2) is 15.8 Å². The van der Waals surface area contributed by atoms with Gasteiger partial charge in [-0.05, 0) is 18.6 Å². The number of hydrogen-bond acceptors (Lipinski definition) is 4. The van der Waals surface area contributed by atoms with E-state index in [1.807, 2.05) is 6.92 Å². The summed E-state index contributed by atoms with van der Waals surface area (Å²) in [5, 5.41) is 11.5. The number of fused-ring (bicyclic) bond motifs is 1. The number of carbonyl (C=O) groups excluding carboxylic acids is 1. The Balaban J connectivity index is 2.58. The molecule has 1 aromatic carbocycles. The number of nitro groups is 1. The molecule has 100 valence electrons. The second-order valence-corrected chi connectivity index (χ2v) is 4.43. The van der Waals surface area contributed by atoms with E-state index < -0.39 is 16.9 Å². The third-order valence-electron chi connectivity index (χ3n) is 3.02. The minimum Gasteiger partial charge on any atom is -0.370 e. The number of non-ortho nitro benzene ring substituents is 1. The third-order valence-corrected chi connectivity index (χ3v) is 3.02. The van der Waals surface area contributed by atoms with Gasteiger partial charge in [-0.1, -0.05) is 0 Å². The van der Waals surface area contributed by atoms with Gasteiger partial charge in [0.2, 0.25) is 5.91 Å². The lowest BCUT2D eigenvalue weighted by Crippen LogP contribution is -2.21. The summed E-state index contributed by atoms with van der Waals surface area (Å²) in [7, 11) is 0. The summed E-state index contributed by atoms with van der Waals surface area (Å²) in [4.78, 5) is 24.4. The van der Waals surface area contributed by atoms with Crippen LogP contribution in [0, 0.1) is 17.0 Å². The number of aromatic nitrogens is 1. The van der Waals surface area contributed by atoms with Crippen LogP contribution in [-0.2, 0) is 4.79 Å². The number of hydrogen-bond donors (Lipinski definition) is 3. The molecule has 1 heterocycles. The Hall–Kier alpha value is -2.41. The molecule has 1 unspecified atom stereocenters. The monoisotopic (exact) mass is 262 g/mol. The second-order valence-electron chi connectivity index (χ2n) is 4.43.